The van der Waals surface area contributed by atoms with Crippen LogP contribution in [0, 0.1) is 29.3 Å². The number of benzene rings is 1. The molecule has 8 nitrogen and oxygen atoms in total. The van der Waals surface area contributed by atoms with Crippen molar-refractivity contribution in [2.75, 3.05) is 13.1 Å². The van der Waals surface area contributed by atoms with E-state index in [1.807, 2.05) is 18.2 Å². The number of piperidine rings is 1. The van der Waals surface area contributed by atoms with Crippen LogP contribution in [-0.4, -0.2) is 52.0 Å². The first-order valence-electron chi connectivity index (χ1n) is 14.1. The molecule has 1 aromatic carbocycles. The van der Waals surface area contributed by atoms with E-state index < -0.39 is 46.4 Å². The molecule has 3 aromatic rings. The number of nitrogens with one attached hydrogen (secondary N) is 2. The first-order chi connectivity index (χ1) is 19.7. The fourth-order valence-corrected chi connectivity index (χ4v) is 6.45. The number of likely N-dealkylation sites (tertiary alicyclic amines) is 1. The summed E-state index contributed by atoms with van der Waals surface area (Å²) < 4.78 is 46.9. The van der Waals surface area contributed by atoms with Crippen LogP contribution in [0.15, 0.2) is 47.1 Å². The molecule has 3 fully saturated rings. The average molecular weight is 568 g/mol. The normalized spacial score (nSPS) is 25.6. The molecule has 1 saturated heterocycles. The van der Waals surface area contributed by atoms with Gasteiger partial charge in [0.15, 0.2) is 11.5 Å². The van der Waals surface area contributed by atoms with Gasteiger partial charge in [0.25, 0.3) is 5.91 Å². The molecule has 0 radical (unpaired) electrons. The van der Waals surface area contributed by atoms with Crippen LogP contribution in [0.2, 0.25) is 0 Å². The predicted octanol–water partition coefficient (Wildman–Crippen LogP) is 4.57. The number of halogens is 3. The minimum Gasteiger partial charge on any atom is -0.355 e. The largest absolute Gasteiger partial charge is 0.355 e. The van der Waals surface area contributed by atoms with E-state index >= 15 is 0 Å². The molecule has 41 heavy (non-hydrogen) atoms. The summed E-state index contributed by atoms with van der Waals surface area (Å²) in [5.74, 6) is -4.51. The van der Waals surface area contributed by atoms with E-state index in [1.54, 1.807) is 6.20 Å². The summed E-state index contributed by atoms with van der Waals surface area (Å²) in [5, 5.41) is 9.86. The number of pyridine rings is 1. The maximum absolute atomic E-state index is 14.3. The molecule has 2 aliphatic carbocycles. The molecule has 4 atom stereocenters. The van der Waals surface area contributed by atoms with Gasteiger partial charge in [-0.2, -0.15) is 0 Å². The number of hydrogen-bond donors (Lipinski definition) is 2. The molecule has 6 rings (SSSR count). The quantitative estimate of drug-likeness (QED) is 0.434. The van der Waals surface area contributed by atoms with Crippen LogP contribution in [0.3, 0.4) is 0 Å². The summed E-state index contributed by atoms with van der Waals surface area (Å²) in [6, 6.07) is 7.72. The summed E-state index contributed by atoms with van der Waals surface area (Å²) in [6.07, 6.45) is 7.25. The number of hydrogen-bond acceptors (Lipinski definition) is 6. The van der Waals surface area contributed by atoms with Crippen LogP contribution in [0.5, 0.6) is 0 Å². The maximum Gasteiger partial charge on any atom is 0.273 e. The number of rotatable bonds is 7. The zero-order chi connectivity index (χ0) is 28.7. The highest BCUT2D eigenvalue weighted by molar-refractivity contribution is 5.94. The van der Waals surface area contributed by atoms with Crippen molar-refractivity contribution < 1.29 is 27.3 Å². The number of carbonyl (C=O) groups is 2. The molecule has 11 heteroatoms. The van der Waals surface area contributed by atoms with E-state index in [4.69, 9.17) is 4.52 Å². The lowest BCUT2D eigenvalue weighted by Gasteiger charge is -2.42. The number of aromatic nitrogens is 2. The molecular formula is C30H32F3N5O3. The Labute approximate surface area is 235 Å². The SMILES string of the molecule is C[C@@H]1CCC[C@@H]1N1CC[C@@H](NC(=O)c2cc(-c3c(F)cc(F)cc3F)on2)[C@H](C(=O)NC2(c3ccccn3)CC2)C1. The molecule has 1 aliphatic heterocycles. The molecule has 2 aromatic heterocycles. The summed E-state index contributed by atoms with van der Waals surface area (Å²) in [4.78, 5) is 33.9. The Morgan fingerprint density at radius 2 is 1.85 bits per heavy atom. The van der Waals surface area contributed by atoms with E-state index in [1.165, 1.54) is 0 Å². The highest BCUT2D eigenvalue weighted by Gasteiger charge is 2.49. The number of amides is 2. The Kier molecular flexibility index (Phi) is 7.31. The van der Waals surface area contributed by atoms with Crippen molar-refractivity contribution in [3.8, 4) is 11.3 Å². The van der Waals surface area contributed by atoms with Crippen molar-refractivity contribution in [1.29, 1.82) is 0 Å². The van der Waals surface area contributed by atoms with Gasteiger partial charge in [-0.1, -0.05) is 24.6 Å². The average Bonchev–Trinajstić information content (AvgIpc) is 3.33. The molecule has 3 heterocycles. The van der Waals surface area contributed by atoms with Gasteiger partial charge in [-0.05, 0) is 50.2 Å². The van der Waals surface area contributed by atoms with E-state index in [-0.39, 0.29) is 17.4 Å². The minimum absolute atomic E-state index is 0.148. The van der Waals surface area contributed by atoms with Crippen molar-refractivity contribution in [2.45, 2.75) is 63.1 Å². The van der Waals surface area contributed by atoms with Crippen LogP contribution in [-0.2, 0) is 10.3 Å². The van der Waals surface area contributed by atoms with Gasteiger partial charge in [-0.3, -0.25) is 19.5 Å². The molecule has 2 N–H and O–H groups in total. The molecule has 3 aliphatic rings. The fraction of sp³-hybridized carbons (Fsp3) is 0.467. The number of carbonyl (C=O) groups excluding carboxylic acids is 2. The summed E-state index contributed by atoms with van der Waals surface area (Å²) in [7, 11) is 0. The van der Waals surface area contributed by atoms with Crippen molar-refractivity contribution in [2.24, 2.45) is 11.8 Å². The highest BCUT2D eigenvalue weighted by atomic mass is 19.1. The van der Waals surface area contributed by atoms with Gasteiger partial charge in [-0.25, -0.2) is 13.2 Å². The van der Waals surface area contributed by atoms with Crippen molar-refractivity contribution >= 4 is 11.8 Å². The zero-order valence-electron chi connectivity index (χ0n) is 22.7. The fourth-order valence-electron chi connectivity index (χ4n) is 6.45. The van der Waals surface area contributed by atoms with E-state index in [9.17, 15) is 22.8 Å². The second-order valence-corrected chi connectivity index (χ2v) is 11.6. The Balaban J connectivity index is 1.21. The lowest BCUT2D eigenvalue weighted by Crippen LogP contribution is -2.58. The Morgan fingerprint density at radius 1 is 1.07 bits per heavy atom. The molecule has 216 valence electrons. The van der Waals surface area contributed by atoms with Gasteiger partial charge >= 0.3 is 0 Å². The van der Waals surface area contributed by atoms with Crippen LogP contribution in [0.4, 0.5) is 13.2 Å². The zero-order valence-corrected chi connectivity index (χ0v) is 22.7. The molecule has 0 unspecified atom stereocenters. The van der Waals surface area contributed by atoms with Crippen molar-refractivity contribution in [1.82, 2.24) is 25.7 Å². The lowest BCUT2D eigenvalue weighted by atomic mass is 9.88. The smallest absolute Gasteiger partial charge is 0.273 e. The summed E-state index contributed by atoms with van der Waals surface area (Å²) >= 11 is 0. The maximum atomic E-state index is 14.3. The monoisotopic (exact) mass is 567 g/mol. The van der Waals surface area contributed by atoms with Gasteiger partial charge in [0.1, 0.15) is 17.5 Å². The first-order valence-corrected chi connectivity index (χ1v) is 14.1. The summed E-state index contributed by atoms with van der Waals surface area (Å²) in [5.41, 5.74) is -0.485. The van der Waals surface area contributed by atoms with Crippen LogP contribution in [0.1, 0.15) is 61.6 Å². The van der Waals surface area contributed by atoms with Crippen LogP contribution in [0.25, 0.3) is 11.3 Å². The van der Waals surface area contributed by atoms with Gasteiger partial charge in [-0.15, -0.1) is 0 Å². The lowest BCUT2D eigenvalue weighted by molar-refractivity contribution is -0.129. The molecular weight excluding hydrogens is 535 g/mol. The Hall–Kier alpha value is -3.73. The Morgan fingerprint density at radius 3 is 2.51 bits per heavy atom. The van der Waals surface area contributed by atoms with E-state index in [2.05, 4.69) is 32.6 Å². The Bertz CT molecular complexity index is 1420. The standard InChI is InChI=1S/C30H32F3N5O3/c1-17-5-4-6-24(17)38-12-8-22(19(16-38)28(39)36-30(9-10-30)26-7-2-3-11-34-26)35-29(40)23-15-25(41-37-23)27-20(32)13-18(31)14-21(27)33/h2-3,7,11,13-15,17,19,22,24H,4-6,8-10,12,16H2,1H3,(H,35,40)(H,36,39)/t17-,19-,22-,24+/m1/s1. The molecule has 0 bridgehead atoms. The van der Waals surface area contributed by atoms with E-state index in [0.29, 0.717) is 37.1 Å². The number of nitrogens with zero attached hydrogens (tertiary/aromatic N) is 3. The third kappa shape index (κ3) is 5.47. The van der Waals surface area contributed by atoms with Crippen molar-refractivity contribution in [3.63, 3.8) is 0 Å². The second kappa shape index (κ2) is 10.9. The molecule has 0 spiro atoms. The van der Waals surface area contributed by atoms with Crippen LogP contribution >= 0.6 is 0 Å². The van der Waals surface area contributed by atoms with Crippen LogP contribution < -0.4 is 10.6 Å². The second-order valence-electron chi connectivity index (χ2n) is 11.6. The van der Waals surface area contributed by atoms with Gasteiger partial charge < -0.3 is 15.2 Å². The predicted molar refractivity (Wildman–Crippen MR) is 143 cm³/mol. The molecule has 2 amide bonds. The van der Waals surface area contributed by atoms with E-state index in [0.717, 1.165) is 50.4 Å². The van der Waals surface area contributed by atoms with Gasteiger partial charge in [0, 0.05) is 49.6 Å². The van der Waals surface area contributed by atoms with Gasteiger partial charge in [0.2, 0.25) is 5.91 Å². The van der Waals surface area contributed by atoms with Crippen molar-refractivity contribution in [3.05, 3.63) is 71.4 Å². The summed E-state index contributed by atoms with van der Waals surface area (Å²) in [6.45, 7) is 3.47. The highest BCUT2D eigenvalue weighted by Crippen LogP contribution is 2.45. The molecule has 2 saturated carbocycles. The third-order valence-corrected chi connectivity index (χ3v) is 8.85. The van der Waals surface area contributed by atoms with Gasteiger partial charge in [0.05, 0.1) is 22.7 Å². The third-order valence-electron chi connectivity index (χ3n) is 8.85. The first kappa shape index (κ1) is 27.4. The topological polar surface area (TPSA) is 100 Å². The minimum atomic E-state index is -1.17.